The van der Waals surface area contributed by atoms with Gasteiger partial charge in [0.2, 0.25) is 0 Å². The monoisotopic (exact) mass is 269 g/mol. The van der Waals surface area contributed by atoms with E-state index < -0.39 is 0 Å². The number of benzene rings is 1. The van der Waals surface area contributed by atoms with Crippen LogP contribution in [0.5, 0.6) is 0 Å². The van der Waals surface area contributed by atoms with E-state index in [1.165, 1.54) is 12.0 Å². The maximum atomic E-state index is 11.9. The summed E-state index contributed by atoms with van der Waals surface area (Å²) >= 11 is 0. The van der Waals surface area contributed by atoms with Crippen molar-refractivity contribution in [2.45, 2.75) is 57.0 Å². The zero-order valence-electron chi connectivity index (χ0n) is 12.4. The number of piperidine rings is 2. The minimum Gasteiger partial charge on any atom is -0.310 e. The average Bonchev–Trinajstić information content (AvgIpc) is 2.46. The molecule has 0 amide bonds. The number of nitrogens with one attached hydrogen (secondary N) is 1. The summed E-state index contributed by atoms with van der Waals surface area (Å²) in [5.74, 6) is 1.27. The van der Waals surface area contributed by atoms with Crippen LogP contribution in [-0.2, 0) is 16.6 Å². The Labute approximate surface area is 121 Å². The van der Waals surface area contributed by atoms with Crippen LogP contribution in [0.4, 0.5) is 0 Å². The fourth-order valence-corrected chi connectivity index (χ4v) is 5.44. The number of carbonyl (C=O) groups is 1. The third-order valence-corrected chi connectivity index (χ3v) is 6.35. The van der Waals surface area contributed by atoms with Gasteiger partial charge in [-0.15, -0.1) is 0 Å². The van der Waals surface area contributed by atoms with E-state index in [2.05, 4.69) is 36.5 Å². The molecule has 4 bridgehead atoms. The zero-order valence-corrected chi connectivity index (χ0v) is 12.4. The Morgan fingerprint density at radius 3 is 2.85 bits per heavy atom. The molecule has 0 aromatic heterocycles. The second-order valence-electron chi connectivity index (χ2n) is 7.01. The lowest BCUT2D eigenvalue weighted by atomic mass is 9.48. The molecule has 2 saturated heterocycles. The van der Waals surface area contributed by atoms with Crippen LogP contribution in [0.3, 0.4) is 0 Å². The first-order valence-corrected chi connectivity index (χ1v) is 8.00. The molecule has 2 heteroatoms. The maximum absolute atomic E-state index is 11.9. The highest BCUT2D eigenvalue weighted by Gasteiger charge is 2.58. The number of Topliss-reactive ketones (excluding diaryl/α,β-unsaturated/α-hetero) is 1. The molecule has 1 aromatic rings. The van der Waals surface area contributed by atoms with Crippen molar-refractivity contribution < 1.29 is 4.79 Å². The Kier molecular flexibility index (Phi) is 2.62. The van der Waals surface area contributed by atoms with Gasteiger partial charge in [-0.25, -0.2) is 0 Å². The van der Waals surface area contributed by atoms with E-state index >= 15 is 0 Å². The molecule has 5 atom stereocenters. The van der Waals surface area contributed by atoms with Crippen LogP contribution in [0, 0.1) is 11.8 Å². The van der Waals surface area contributed by atoms with Crippen LogP contribution >= 0.6 is 0 Å². The summed E-state index contributed by atoms with van der Waals surface area (Å²) in [6, 6.07) is 9.98. The molecule has 20 heavy (non-hydrogen) atoms. The molecule has 106 valence electrons. The number of carbonyl (C=O) groups excluding carboxylic acids is 1. The number of ketones is 1. The van der Waals surface area contributed by atoms with Gasteiger partial charge >= 0.3 is 0 Å². The first kappa shape index (κ1) is 12.6. The molecule has 2 nitrogen and oxygen atoms in total. The third kappa shape index (κ3) is 1.46. The lowest BCUT2D eigenvalue weighted by molar-refractivity contribution is -0.127. The van der Waals surface area contributed by atoms with Crippen LogP contribution in [0.1, 0.15) is 44.2 Å². The first-order chi connectivity index (χ1) is 9.65. The number of hydrogen-bond donors (Lipinski definition) is 1. The maximum Gasteiger partial charge on any atom is 0.134 e. The number of fused-ring (bicyclic) bond motifs is 2. The predicted molar refractivity (Wildman–Crippen MR) is 79.7 cm³/mol. The summed E-state index contributed by atoms with van der Waals surface area (Å²) in [6.45, 7) is 4.11. The average molecular weight is 269 g/mol. The molecule has 0 spiro atoms. The van der Waals surface area contributed by atoms with Gasteiger partial charge < -0.3 is 5.32 Å². The highest BCUT2D eigenvalue weighted by molar-refractivity contribution is 5.79. The smallest absolute Gasteiger partial charge is 0.134 e. The second kappa shape index (κ2) is 4.17. The van der Waals surface area contributed by atoms with E-state index in [1.807, 2.05) is 0 Å². The van der Waals surface area contributed by atoms with Crippen molar-refractivity contribution in [1.29, 1.82) is 0 Å². The normalized spacial score (nSPS) is 41.3. The Hall–Kier alpha value is -1.15. The van der Waals surface area contributed by atoms with Gasteiger partial charge in [-0.05, 0) is 49.7 Å². The molecule has 3 fully saturated rings. The Morgan fingerprint density at radius 1 is 1.35 bits per heavy atom. The molecule has 2 heterocycles. The molecular formula is C18H23NO. The van der Waals surface area contributed by atoms with Crippen LogP contribution in [0.25, 0.3) is 0 Å². The minimum absolute atomic E-state index is 0.251. The van der Waals surface area contributed by atoms with Crippen molar-refractivity contribution in [2.75, 3.05) is 0 Å². The summed E-state index contributed by atoms with van der Waals surface area (Å²) < 4.78 is 0. The van der Waals surface area contributed by atoms with Crippen LogP contribution < -0.4 is 5.32 Å². The summed E-state index contributed by atoms with van der Waals surface area (Å²) in [5.41, 5.74) is 3.43. The van der Waals surface area contributed by atoms with Gasteiger partial charge in [0.25, 0.3) is 0 Å². The lowest BCUT2D eigenvalue weighted by Gasteiger charge is -2.61. The van der Waals surface area contributed by atoms with Crippen LogP contribution in [0.2, 0.25) is 0 Å². The number of hydrogen-bond acceptors (Lipinski definition) is 2. The topological polar surface area (TPSA) is 29.1 Å². The third-order valence-electron chi connectivity index (χ3n) is 6.35. The lowest BCUT2D eigenvalue weighted by Crippen LogP contribution is -2.69. The molecule has 0 radical (unpaired) electrons. The Morgan fingerprint density at radius 2 is 2.15 bits per heavy atom. The van der Waals surface area contributed by atoms with Crippen molar-refractivity contribution in [2.24, 2.45) is 11.8 Å². The van der Waals surface area contributed by atoms with Gasteiger partial charge in [0.1, 0.15) is 5.78 Å². The van der Waals surface area contributed by atoms with E-state index in [0.717, 1.165) is 19.3 Å². The van der Waals surface area contributed by atoms with Crippen molar-refractivity contribution in [3.05, 3.63) is 35.4 Å². The quantitative estimate of drug-likeness (QED) is 0.894. The van der Waals surface area contributed by atoms with Crippen LogP contribution in [-0.4, -0.2) is 17.9 Å². The molecule has 1 N–H and O–H groups in total. The van der Waals surface area contributed by atoms with Crippen molar-refractivity contribution in [3.63, 3.8) is 0 Å². The van der Waals surface area contributed by atoms with Crippen molar-refractivity contribution in [1.82, 2.24) is 5.32 Å². The molecule has 5 rings (SSSR count). The standard InChI is InChI=1S/C18H23NO/c1-3-18-10-17-13(11(2)20)9-15(18)16(19-17)8-12-6-4-5-7-14(12)18/h4-7,13,15-17,19H,3,8-10H2,1-2H3. The molecule has 2 aliphatic carbocycles. The van der Waals surface area contributed by atoms with Gasteiger partial charge in [-0.2, -0.15) is 0 Å². The summed E-state index contributed by atoms with van der Waals surface area (Å²) in [7, 11) is 0. The highest BCUT2D eigenvalue weighted by Crippen LogP contribution is 2.56. The minimum atomic E-state index is 0.251. The Balaban J connectivity index is 1.83. The first-order valence-electron chi connectivity index (χ1n) is 8.00. The van der Waals surface area contributed by atoms with Gasteiger partial charge in [-0.3, -0.25) is 4.79 Å². The zero-order chi connectivity index (χ0) is 13.9. The van der Waals surface area contributed by atoms with Crippen molar-refractivity contribution in [3.8, 4) is 0 Å². The fourth-order valence-electron chi connectivity index (χ4n) is 5.44. The highest BCUT2D eigenvalue weighted by atomic mass is 16.1. The van der Waals surface area contributed by atoms with Gasteiger partial charge in [0, 0.05) is 23.4 Å². The molecule has 1 saturated carbocycles. The van der Waals surface area contributed by atoms with Gasteiger partial charge in [0.05, 0.1) is 0 Å². The predicted octanol–water partition coefficient (Wildman–Crippen LogP) is 2.85. The molecule has 4 aliphatic rings. The van der Waals surface area contributed by atoms with Crippen molar-refractivity contribution >= 4 is 5.78 Å². The largest absolute Gasteiger partial charge is 0.310 e. The van der Waals surface area contributed by atoms with Gasteiger partial charge in [0.15, 0.2) is 0 Å². The van der Waals surface area contributed by atoms with E-state index in [1.54, 1.807) is 12.5 Å². The molecular weight excluding hydrogens is 246 g/mol. The number of rotatable bonds is 2. The summed E-state index contributed by atoms with van der Waals surface area (Å²) in [6.07, 6.45) is 4.59. The van der Waals surface area contributed by atoms with E-state index in [-0.39, 0.29) is 5.92 Å². The SMILES string of the molecule is CCC12CC3NC(Cc4ccccc41)C2CC3C(C)=O. The summed E-state index contributed by atoms with van der Waals surface area (Å²) in [5, 5.41) is 3.79. The van der Waals surface area contributed by atoms with Crippen LogP contribution in [0.15, 0.2) is 24.3 Å². The van der Waals surface area contributed by atoms with E-state index in [0.29, 0.717) is 29.2 Å². The van der Waals surface area contributed by atoms with E-state index in [4.69, 9.17) is 0 Å². The molecule has 1 aromatic carbocycles. The Bertz CT molecular complexity index is 566. The van der Waals surface area contributed by atoms with Gasteiger partial charge in [-0.1, -0.05) is 31.2 Å². The molecule has 5 unspecified atom stereocenters. The fraction of sp³-hybridized carbons (Fsp3) is 0.611. The molecule has 2 aliphatic heterocycles. The second-order valence-corrected chi connectivity index (χ2v) is 7.01. The van der Waals surface area contributed by atoms with E-state index in [9.17, 15) is 4.79 Å². The summed E-state index contributed by atoms with van der Waals surface area (Å²) in [4.78, 5) is 11.9.